The zero-order chi connectivity index (χ0) is 10.7. The average molecular weight is 219 g/mol. The molecule has 0 amide bonds. The molecule has 2 rings (SSSR count). The highest BCUT2D eigenvalue weighted by atomic mass is 32.1. The lowest BCUT2D eigenvalue weighted by Crippen LogP contribution is -1.95. The number of rotatable bonds is 3. The van der Waals surface area contributed by atoms with Crippen LogP contribution in [0.3, 0.4) is 0 Å². The van der Waals surface area contributed by atoms with Crippen LogP contribution >= 0.6 is 11.3 Å². The molecule has 0 bridgehead atoms. The van der Waals surface area contributed by atoms with E-state index in [4.69, 9.17) is 9.78 Å². The Bertz CT molecular complexity index is 469. The Morgan fingerprint density at radius 2 is 2.53 bits per heavy atom. The van der Waals surface area contributed by atoms with Crippen LogP contribution in [0.15, 0.2) is 21.3 Å². The Labute approximate surface area is 91.2 Å². The fraction of sp³-hybridized carbons (Fsp3) is 0.300. The number of hydrogen-bond donors (Lipinski definition) is 0. The van der Waals surface area contributed by atoms with Crippen LogP contribution in [0.4, 0.5) is 0 Å². The number of nitrogens with zero attached hydrogens (tertiary/aromatic N) is 3. The maximum atomic E-state index is 8.65. The predicted octanol–water partition coefficient (Wildman–Crippen LogP) is 2.50. The second-order valence-corrected chi connectivity index (χ2v) is 4.04. The van der Waals surface area contributed by atoms with Crippen molar-refractivity contribution in [1.29, 1.82) is 5.26 Å². The third kappa shape index (κ3) is 2.22. The van der Waals surface area contributed by atoms with Crippen molar-refractivity contribution < 1.29 is 4.52 Å². The van der Waals surface area contributed by atoms with Crippen molar-refractivity contribution in [3.05, 3.63) is 22.7 Å². The average Bonchev–Trinajstić information content (AvgIpc) is 2.85. The molecule has 0 aliphatic carbocycles. The van der Waals surface area contributed by atoms with Gasteiger partial charge in [0, 0.05) is 17.4 Å². The molecule has 76 valence electrons. The van der Waals surface area contributed by atoms with Crippen LogP contribution in [0.25, 0.3) is 11.4 Å². The Kier molecular flexibility index (Phi) is 2.79. The van der Waals surface area contributed by atoms with Gasteiger partial charge in [0.2, 0.25) is 11.7 Å². The minimum atomic E-state index is -0.0965. The highest BCUT2D eigenvalue weighted by molar-refractivity contribution is 7.08. The van der Waals surface area contributed by atoms with E-state index in [2.05, 4.69) is 16.2 Å². The highest BCUT2D eigenvalue weighted by Crippen LogP contribution is 2.19. The topological polar surface area (TPSA) is 62.7 Å². The van der Waals surface area contributed by atoms with Crippen LogP contribution in [0, 0.1) is 17.2 Å². The summed E-state index contributed by atoms with van der Waals surface area (Å²) in [5.41, 5.74) is 0.958. The first-order chi connectivity index (χ1) is 7.29. The molecule has 0 N–H and O–H groups in total. The third-order valence-corrected chi connectivity index (χ3v) is 2.63. The van der Waals surface area contributed by atoms with E-state index in [-0.39, 0.29) is 5.92 Å². The van der Waals surface area contributed by atoms with Gasteiger partial charge in [0.15, 0.2) is 0 Å². The molecule has 0 saturated heterocycles. The summed E-state index contributed by atoms with van der Waals surface area (Å²) in [7, 11) is 0. The number of thiophene rings is 1. The molecule has 2 aromatic rings. The van der Waals surface area contributed by atoms with Crippen LogP contribution in [0.2, 0.25) is 0 Å². The lowest BCUT2D eigenvalue weighted by atomic mass is 10.1. The smallest absolute Gasteiger partial charge is 0.228 e. The first-order valence-electron chi connectivity index (χ1n) is 4.54. The number of aromatic nitrogens is 2. The van der Waals surface area contributed by atoms with Crippen molar-refractivity contribution in [2.75, 3.05) is 0 Å². The standard InChI is InChI=1S/C10H9N3OS/c1-7(5-11)4-9-12-10(13-14-9)8-2-3-15-6-8/h2-3,6-7H,4H2,1H3. The van der Waals surface area contributed by atoms with E-state index in [1.165, 1.54) is 0 Å². The molecule has 4 nitrogen and oxygen atoms in total. The monoisotopic (exact) mass is 219 g/mol. The van der Waals surface area contributed by atoms with Crippen molar-refractivity contribution >= 4 is 11.3 Å². The Morgan fingerprint density at radius 1 is 1.67 bits per heavy atom. The van der Waals surface area contributed by atoms with Gasteiger partial charge >= 0.3 is 0 Å². The molecule has 2 heterocycles. The van der Waals surface area contributed by atoms with E-state index in [9.17, 15) is 0 Å². The zero-order valence-electron chi connectivity index (χ0n) is 8.17. The SMILES string of the molecule is CC(C#N)Cc1nc(-c2ccsc2)no1. The summed E-state index contributed by atoms with van der Waals surface area (Å²) in [4.78, 5) is 4.22. The van der Waals surface area contributed by atoms with Gasteiger partial charge in [-0.15, -0.1) is 0 Å². The molecular weight excluding hydrogens is 210 g/mol. The van der Waals surface area contributed by atoms with Crippen LogP contribution < -0.4 is 0 Å². The number of hydrogen-bond acceptors (Lipinski definition) is 5. The molecule has 0 fully saturated rings. The molecule has 1 unspecified atom stereocenters. The lowest BCUT2D eigenvalue weighted by molar-refractivity contribution is 0.369. The largest absolute Gasteiger partial charge is 0.339 e. The molecule has 0 spiro atoms. The van der Waals surface area contributed by atoms with Gasteiger partial charge in [0.1, 0.15) is 0 Å². The van der Waals surface area contributed by atoms with Gasteiger partial charge < -0.3 is 4.52 Å². The Morgan fingerprint density at radius 3 is 3.20 bits per heavy atom. The molecule has 1 atom stereocenters. The lowest BCUT2D eigenvalue weighted by Gasteiger charge is -1.93. The van der Waals surface area contributed by atoms with Crippen molar-refractivity contribution in [2.45, 2.75) is 13.3 Å². The summed E-state index contributed by atoms with van der Waals surface area (Å²) in [6, 6.07) is 4.07. The van der Waals surface area contributed by atoms with Crippen molar-refractivity contribution in [3.63, 3.8) is 0 Å². The van der Waals surface area contributed by atoms with Gasteiger partial charge in [0.05, 0.1) is 12.0 Å². The van der Waals surface area contributed by atoms with E-state index in [0.29, 0.717) is 18.1 Å². The van der Waals surface area contributed by atoms with E-state index >= 15 is 0 Å². The quantitative estimate of drug-likeness (QED) is 0.795. The Hall–Kier alpha value is -1.67. The Balaban J connectivity index is 2.15. The summed E-state index contributed by atoms with van der Waals surface area (Å²) in [5, 5.41) is 16.4. The molecule has 0 aliphatic rings. The minimum Gasteiger partial charge on any atom is -0.339 e. The van der Waals surface area contributed by atoms with Crippen LogP contribution in [0.5, 0.6) is 0 Å². The van der Waals surface area contributed by atoms with E-state index in [1.54, 1.807) is 11.3 Å². The first-order valence-corrected chi connectivity index (χ1v) is 5.48. The van der Waals surface area contributed by atoms with Crippen molar-refractivity contribution in [1.82, 2.24) is 10.1 Å². The molecule has 2 aromatic heterocycles. The minimum absolute atomic E-state index is 0.0965. The molecule has 0 aliphatic heterocycles. The van der Waals surface area contributed by atoms with E-state index in [1.807, 2.05) is 23.8 Å². The van der Waals surface area contributed by atoms with Crippen LogP contribution in [0.1, 0.15) is 12.8 Å². The summed E-state index contributed by atoms with van der Waals surface area (Å²) >= 11 is 1.59. The third-order valence-electron chi connectivity index (χ3n) is 1.95. The van der Waals surface area contributed by atoms with Gasteiger partial charge in [-0.2, -0.15) is 21.6 Å². The molecule has 0 radical (unpaired) electrons. The molecule has 0 aromatic carbocycles. The van der Waals surface area contributed by atoms with Crippen LogP contribution in [-0.2, 0) is 6.42 Å². The van der Waals surface area contributed by atoms with Gasteiger partial charge in [-0.05, 0) is 18.4 Å². The van der Waals surface area contributed by atoms with E-state index < -0.39 is 0 Å². The second-order valence-electron chi connectivity index (χ2n) is 3.26. The summed E-state index contributed by atoms with van der Waals surface area (Å²) < 4.78 is 5.05. The van der Waals surface area contributed by atoms with Gasteiger partial charge in [-0.25, -0.2) is 0 Å². The van der Waals surface area contributed by atoms with Gasteiger partial charge in [-0.1, -0.05) is 5.16 Å². The maximum Gasteiger partial charge on any atom is 0.228 e. The molecular formula is C10H9N3OS. The fourth-order valence-electron chi connectivity index (χ4n) is 1.15. The van der Waals surface area contributed by atoms with Gasteiger partial charge in [0.25, 0.3) is 0 Å². The second kappa shape index (κ2) is 4.24. The maximum absolute atomic E-state index is 8.65. The van der Waals surface area contributed by atoms with Crippen molar-refractivity contribution in [2.24, 2.45) is 5.92 Å². The van der Waals surface area contributed by atoms with Crippen LogP contribution in [-0.4, -0.2) is 10.1 Å². The zero-order valence-corrected chi connectivity index (χ0v) is 8.99. The highest BCUT2D eigenvalue weighted by Gasteiger charge is 2.11. The molecule has 15 heavy (non-hydrogen) atoms. The van der Waals surface area contributed by atoms with Gasteiger partial charge in [-0.3, -0.25) is 0 Å². The fourth-order valence-corrected chi connectivity index (χ4v) is 1.79. The summed E-state index contributed by atoms with van der Waals surface area (Å²) in [5.74, 6) is 1.02. The van der Waals surface area contributed by atoms with E-state index in [0.717, 1.165) is 5.56 Å². The summed E-state index contributed by atoms with van der Waals surface area (Å²) in [6.07, 6.45) is 0.508. The van der Waals surface area contributed by atoms with Crippen molar-refractivity contribution in [3.8, 4) is 17.5 Å². The first kappa shape index (κ1) is 9.87. The predicted molar refractivity (Wildman–Crippen MR) is 56.1 cm³/mol. The normalized spacial score (nSPS) is 12.3. The summed E-state index contributed by atoms with van der Waals surface area (Å²) in [6.45, 7) is 1.83. The molecule has 5 heteroatoms. The molecule has 0 saturated carbocycles. The number of nitriles is 1.